The van der Waals surface area contributed by atoms with Crippen molar-refractivity contribution in [3.05, 3.63) is 101 Å². The minimum absolute atomic E-state index is 0.141. The molecule has 6 rings (SSSR count). The summed E-state index contributed by atoms with van der Waals surface area (Å²) in [6.07, 6.45) is 1.89. The van der Waals surface area contributed by atoms with Crippen LogP contribution in [0.5, 0.6) is 0 Å². The molecule has 2 aromatic heterocycles. The van der Waals surface area contributed by atoms with Crippen LogP contribution < -0.4 is 0 Å². The Morgan fingerprint density at radius 1 is 0.677 bits per heavy atom. The van der Waals surface area contributed by atoms with E-state index in [2.05, 4.69) is 100 Å². The van der Waals surface area contributed by atoms with E-state index in [1.54, 1.807) is 0 Å². The maximum Gasteiger partial charge on any atom is 0.144 e. The molecule has 1 aliphatic rings. The van der Waals surface area contributed by atoms with Gasteiger partial charge in [0.15, 0.2) is 0 Å². The molecule has 0 aliphatic heterocycles. The van der Waals surface area contributed by atoms with Gasteiger partial charge in [0.1, 0.15) is 11.3 Å². The second kappa shape index (κ2) is 6.07. The fraction of sp³-hybridized carbons (Fsp3) is 0.207. The molecule has 152 valence electrons. The van der Waals surface area contributed by atoms with E-state index in [9.17, 15) is 0 Å². The number of benzene rings is 3. The van der Waals surface area contributed by atoms with Crippen molar-refractivity contribution in [1.29, 1.82) is 0 Å². The molecular weight excluding hydrogens is 378 g/mol. The minimum atomic E-state index is -0.204. The van der Waals surface area contributed by atoms with Crippen LogP contribution in [0.4, 0.5) is 0 Å². The summed E-state index contributed by atoms with van der Waals surface area (Å²) in [6, 6.07) is 25.8. The third-order valence-electron chi connectivity index (χ3n) is 7.11. The van der Waals surface area contributed by atoms with Crippen LogP contribution in [0.25, 0.3) is 33.0 Å². The second-order valence-electron chi connectivity index (χ2n) is 9.66. The predicted molar refractivity (Wildman–Crippen MR) is 128 cm³/mol. The first-order valence-corrected chi connectivity index (χ1v) is 10.9. The highest BCUT2D eigenvalue weighted by atomic mass is 16.3. The molecule has 2 heteroatoms. The van der Waals surface area contributed by atoms with Crippen LogP contribution in [0.15, 0.2) is 83.4 Å². The van der Waals surface area contributed by atoms with E-state index in [-0.39, 0.29) is 10.8 Å². The first-order valence-electron chi connectivity index (χ1n) is 10.9. The van der Waals surface area contributed by atoms with Crippen LogP contribution in [0, 0.1) is 0 Å². The number of rotatable bonds is 1. The zero-order valence-corrected chi connectivity index (χ0v) is 18.4. The standard InChI is InChI=1S/C29H25NO/c1-28(2)22-14-7-8-15-23(22)29(3,4)27-24(28)20-12-9-13-21(26(20)31-27)25-19-11-6-5-10-18(19)16-17-30-25/h5-17H,1-4H3. The number of hydrogen-bond donors (Lipinski definition) is 0. The highest BCUT2D eigenvalue weighted by Crippen LogP contribution is 2.54. The second-order valence-corrected chi connectivity index (χ2v) is 9.66. The lowest BCUT2D eigenvalue weighted by molar-refractivity contribution is 0.410. The summed E-state index contributed by atoms with van der Waals surface area (Å²) >= 11 is 0. The molecule has 2 nitrogen and oxygen atoms in total. The first-order chi connectivity index (χ1) is 14.9. The fourth-order valence-electron chi connectivity index (χ4n) is 5.53. The monoisotopic (exact) mass is 403 g/mol. The van der Waals surface area contributed by atoms with Gasteiger partial charge in [-0.15, -0.1) is 0 Å². The van der Waals surface area contributed by atoms with Crippen molar-refractivity contribution in [2.75, 3.05) is 0 Å². The highest BCUT2D eigenvalue weighted by molar-refractivity contribution is 6.03. The zero-order valence-electron chi connectivity index (χ0n) is 18.4. The van der Waals surface area contributed by atoms with E-state index < -0.39 is 0 Å². The van der Waals surface area contributed by atoms with Crippen molar-refractivity contribution in [3.8, 4) is 11.3 Å². The summed E-state index contributed by atoms with van der Waals surface area (Å²) in [6.45, 7) is 9.19. The Bertz CT molecular complexity index is 1480. The molecule has 0 N–H and O–H groups in total. The lowest BCUT2D eigenvalue weighted by Gasteiger charge is -2.40. The topological polar surface area (TPSA) is 26.0 Å². The molecule has 0 radical (unpaired) electrons. The summed E-state index contributed by atoms with van der Waals surface area (Å²) in [7, 11) is 0. The molecule has 1 aliphatic carbocycles. The van der Waals surface area contributed by atoms with Crippen molar-refractivity contribution >= 4 is 21.7 Å². The quantitative estimate of drug-likeness (QED) is 0.288. The van der Waals surface area contributed by atoms with Gasteiger partial charge in [0, 0.05) is 38.9 Å². The average molecular weight is 404 g/mol. The molecule has 0 unspecified atom stereocenters. The van der Waals surface area contributed by atoms with Crippen molar-refractivity contribution < 1.29 is 4.42 Å². The van der Waals surface area contributed by atoms with Gasteiger partial charge in [0.05, 0.1) is 5.69 Å². The summed E-state index contributed by atoms with van der Waals surface area (Å²) in [5, 5.41) is 3.53. The largest absolute Gasteiger partial charge is 0.459 e. The molecular formula is C29H25NO. The molecule has 5 aromatic rings. The van der Waals surface area contributed by atoms with E-state index in [4.69, 9.17) is 9.40 Å². The van der Waals surface area contributed by atoms with E-state index in [1.165, 1.54) is 27.5 Å². The van der Waals surface area contributed by atoms with Crippen molar-refractivity contribution in [2.24, 2.45) is 0 Å². The Hall–Kier alpha value is -3.39. The molecule has 0 spiro atoms. The Balaban J connectivity index is 1.72. The maximum atomic E-state index is 6.79. The van der Waals surface area contributed by atoms with Crippen molar-refractivity contribution in [3.63, 3.8) is 0 Å². The number of pyridine rings is 1. The van der Waals surface area contributed by atoms with Crippen LogP contribution in [-0.4, -0.2) is 4.98 Å². The average Bonchev–Trinajstić information content (AvgIpc) is 3.20. The van der Waals surface area contributed by atoms with Gasteiger partial charge in [0.2, 0.25) is 0 Å². The van der Waals surface area contributed by atoms with Gasteiger partial charge in [-0.05, 0) is 42.5 Å². The van der Waals surface area contributed by atoms with Gasteiger partial charge in [-0.1, -0.05) is 74.5 Å². The van der Waals surface area contributed by atoms with E-state index in [1.807, 2.05) is 6.20 Å². The van der Waals surface area contributed by atoms with Crippen LogP contribution in [-0.2, 0) is 10.8 Å². The number of hydrogen-bond acceptors (Lipinski definition) is 2. The Morgan fingerprint density at radius 3 is 2.16 bits per heavy atom. The van der Waals surface area contributed by atoms with Crippen LogP contribution in [0.3, 0.4) is 0 Å². The summed E-state index contributed by atoms with van der Waals surface area (Å²) in [5.41, 5.74) is 6.64. The Morgan fingerprint density at radius 2 is 1.35 bits per heavy atom. The minimum Gasteiger partial charge on any atom is -0.459 e. The van der Waals surface area contributed by atoms with E-state index in [0.717, 1.165) is 28.0 Å². The van der Waals surface area contributed by atoms with E-state index in [0.29, 0.717) is 0 Å². The number of nitrogens with zero attached hydrogens (tertiary/aromatic N) is 1. The zero-order chi connectivity index (χ0) is 21.4. The maximum absolute atomic E-state index is 6.79. The number of fused-ring (bicyclic) bond motifs is 5. The van der Waals surface area contributed by atoms with Crippen molar-refractivity contribution in [2.45, 2.75) is 38.5 Å². The molecule has 0 fully saturated rings. The smallest absolute Gasteiger partial charge is 0.144 e. The molecule has 0 saturated carbocycles. The van der Waals surface area contributed by atoms with Gasteiger partial charge in [0.25, 0.3) is 0 Å². The molecule has 0 saturated heterocycles. The first kappa shape index (κ1) is 18.4. The van der Waals surface area contributed by atoms with Gasteiger partial charge >= 0.3 is 0 Å². The SMILES string of the molecule is CC1(C)c2ccccc2C(C)(C)c2c1oc1c(-c3nccc4ccccc34)cccc21. The summed E-state index contributed by atoms with van der Waals surface area (Å²) in [5.74, 6) is 1.07. The lowest BCUT2D eigenvalue weighted by Crippen LogP contribution is -2.35. The molecule has 31 heavy (non-hydrogen) atoms. The van der Waals surface area contributed by atoms with Gasteiger partial charge in [-0.25, -0.2) is 0 Å². The van der Waals surface area contributed by atoms with Crippen LogP contribution in [0.1, 0.15) is 50.1 Å². The van der Waals surface area contributed by atoms with Gasteiger partial charge in [-0.2, -0.15) is 0 Å². The predicted octanol–water partition coefficient (Wildman–Crippen LogP) is 7.61. The Labute approximate surface area is 182 Å². The third-order valence-corrected chi connectivity index (χ3v) is 7.11. The van der Waals surface area contributed by atoms with Crippen molar-refractivity contribution in [1.82, 2.24) is 4.98 Å². The molecule has 3 aromatic carbocycles. The third kappa shape index (κ3) is 2.36. The molecule has 0 amide bonds. The normalized spacial score (nSPS) is 16.3. The van der Waals surface area contributed by atoms with Gasteiger partial charge in [-0.3, -0.25) is 4.98 Å². The molecule has 0 bridgehead atoms. The summed E-state index contributed by atoms with van der Waals surface area (Å²) in [4.78, 5) is 4.79. The highest BCUT2D eigenvalue weighted by Gasteiger charge is 2.45. The number of furan rings is 1. The molecule has 2 heterocycles. The lowest BCUT2D eigenvalue weighted by atomic mass is 9.62. The van der Waals surface area contributed by atoms with Gasteiger partial charge < -0.3 is 4.42 Å². The Kier molecular flexibility index (Phi) is 3.60. The van der Waals surface area contributed by atoms with Crippen LogP contribution >= 0.6 is 0 Å². The van der Waals surface area contributed by atoms with E-state index >= 15 is 0 Å². The fourth-order valence-corrected chi connectivity index (χ4v) is 5.53. The number of aromatic nitrogens is 1. The summed E-state index contributed by atoms with van der Waals surface area (Å²) < 4.78 is 6.79. The molecule has 0 atom stereocenters. The van der Waals surface area contributed by atoms with Crippen LogP contribution in [0.2, 0.25) is 0 Å². The number of para-hydroxylation sites is 1.